The lowest BCUT2D eigenvalue weighted by molar-refractivity contribution is -0.305. The molecule has 0 aliphatic heterocycles. The van der Waals surface area contributed by atoms with Gasteiger partial charge in [-0.15, -0.1) is 0 Å². The predicted octanol–water partition coefficient (Wildman–Crippen LogP) is 2.82. The molecule has 0 heterocycles. The van der Waals surface area contributed by atoms with Crippen LogP contribution in [-0.2, 0) is 4.79 Å². The van der Waals surface area contributed by atoms with E-state index in [-0.39, 0.29) is 6.42 Å². The summed E-state index contributed by atoms with van der Waals surface area (Å²) in [5.74, 6) is -0.959. The Kier molecular flexibility index (Phi) is 10.7. The van der Waals surface area contributed by atoms with Crippen molar-refractivity contribution in [1.82, 2.24) is 0 Å². The van der Waals surface area contributed by atoms with Gasteiger partial charge < -0.3 is 9.90 Å². The number of unbranched alkanes of at least 4 members (excludes halogenated alkanes) is 6. The summed E-state index contributed by atoms with van der Waals surface area (Å²) in [7, 11) is 0. The maximum atomic E-state index is 10.1. The lowest BCUT2D eigenvalue weighted by Crippen LogP contribution is -2.21. The molecule has 0 unspecified atom stereocenters. The Balaban J connectivity index is 3.06. The summed E-state index contributed by atoms with van der Waals surface area (Å²) in [6, 6.07) is 0. The van der Waals surface area contributed by atoms with E-state index in [0.717, 1.165) is 6.42 Å². The summed E-state index contributed by atoms with van der Waals surface area (Å²) < 4.78 is 0. The average molecular weight is 211 g/mol. The Morgan fingerprint density at radius 1 is 1.00 bits per heavy atom. The van der Waals surface area contributed by atoms with Gasteiger partial charge in [-0.2, -0.15) is 0 Å². The summed E-state index contributed by atoms with van der Waals surface area (Å²) in [6.07, 6.45) is 13.7. The summed E-state index contributed by atoms with van der Waals surface area (Å²) in [5, 5.41) is 10.1. The van der Waals surface area contributed by atoms with Crippen molar-refractivity contribution in [2.75, 3.05) is 0 Å². The first kappa shape index (κ1) is 14.2. The number of hydrogen-bond donors (Lipinski definition) is 0. The fourth-order valence-electron chi connectivity index (χ4n) is 1.48. The molecule has 0 N–H and O–H groups in total. The Morgan fingerprint density at radius 2 is 1.60 bits per heavy atom. The van der Waals surface area contributed by atoms with Gasteiger partial charge in [-0.05, 0) is 25.7 Å². The maximum absolute atomic E-state index is 10.1. The number of carboxylic acid groups (broad SMARTS) is 1. The molecule has 88 valence electrons. The van der Waals surface area contributed by atoms with Gasteiger partial charge in [-0.1, -0.05) is 51.2 Å². The molecule has 15 heavy (non-hydrogen) atoms. The lowest BCUT2D eigenvalue weighted by Gasteiger charge is -1.98. The van der Waals surface area contributed by atoms with Crippen molar-refractivity contribution in [3.8, 4) is 0 Å². The Bertz CT molecular complexity index is 173. The molecule has 0 amide bonds. The van der Waals surface area contributed by atoms with Gasteiger partial charge in [0.15, 0.2) is 0 Å². The van der Waals surface area contributed by atoms with E-state index in [2.05, 4.69) is 13.0 Å². The number of rotatable bonds is 10. The molecule has 0 spiro atoms. The molecule has 2 nitrogen and oxygen atoms in total. The summed E-state index contributed by atoms with van der Waals surface area (Å²) in [5.41, 5.74) is 0. The van der Waals surface area contributed by atoms with Crippen LogP contribution < -0.4 is 5.11 Å². The second-order valence-electron chi connectivity index (χ2n) is 3.94. The minimum Gasteiger partial charge on any atom is -0.550 e. The summed E-state index contributed by atoms with van der Waals surface area (Å²) in [4.78, 5) is 10.1. The first-order chi connectivity index (χ1) is 7.27. The fourth-order valence-corrected chi connectivity index (χ4v) is 1.48. The summed E-state index contributed by atoms with van der Waals surface area (Å²) in [6.45, 7) is 2.22. The van der Waals surface area contributed by atoms with Gasteiger partial charge in [0.1, 0.15) is 0 Å². The van der Waals surface area contributed by atoms with Crippen molar-refractivity contribution in [2.45, 2.75) is 64.7 Å². The van der Waals surface area contributed by atoms with Crippen molar-refractivity contribution in [1.29, 1.82) is 0 Å². The highest BCUT2D eigenvalue weighted by atomic mass is 16.4. The van der Waals surface area contributed by atoms with Crippen LogP contribution in [0.2, 0.25) is 0 Å². The molecule has 0 saturated heterocycles. The van der Waals surface area contributed by atoms with E-state index in [4.69, 9.17) is 0 Å². The molecule has 0 fully saturated rings. The third-order valence-corrected chi connectivity index (χ3v) is 2.41. The summed E-state index contributed by atoms with van der Waals surface area (Å²) >= 11 is 0. The molecule has 0 aromatic carbocycles. The largest absolute Gasteiger partial charge is 0.550 e. The fraction of sp³-hybridized carbons (Fsp3) is 0.769. The van der Waals surface area contributed by atoms with Gasteiger partial charge in [0.25, 0.3) is 0 Å². The van der Waals surface area contributed by atoms with Crippen LogP contribution in [0.25, 0.3) is 0 Å². The van der Waals surface area contributed by atoms with Crippen molar-refractivity contribution >= 4 is 5.97 Å². The number of carboxylic acids is 1. The lowest BCUT2D eigenvalue weighted by atomic mass is 10.1. The molecule has 0 aliphatic carbocycles. The Labute approximate surface area is 93.4 Å². The molecule has 0 atom stereocenters. The highest BCUT2D eigenvalue weighted by Crippen LogP contribution is 2.07. The molecule has 0 rings (SSSR count). The second-order valence-corrected chi connectivity index (χ2v) is 3.94. The smallest absolute Gasteiger partial charge is 0.0417 e. The molecule has 0 bridgehead atoms. The number of allylic oxidation sites excluding steroid dienone is 2. The van der Waals surface area contributed by atoms with Crippen LogP contribution in [0.15, 0.2) is 12.2 Å². The van der Waals surface area contributed by atoms with Crippen molar-refractivity contribution in [3.05, 3.63) is 12.2 Å². The topological polar surface area (TPSA) is 40.1 Å². The van der Waals surface area contributed by atoms with Gasteiger partial charge in [0, 0.05) is 5.97 Å². The molecule has 0 radical (unpaired) electrons. The van der Waals surface area contributed by atoms with Crippen molar-refractivity contribution < 1.29 is 9.90 Å². The van der Waals surface area contributed by atoms with Gasteiger partial charge in [-0.3, -0.25) is 0 Å². The van der Waals surface area contributed by atoms with E-state index in [9.17, 15) is 9.90 Å². The van der Waals surface area contributed by atoms with E-state index >= 15 is 0 Å². The van der Waals surface area contributed by atoms with Gasteiger partial charge in [0.2, 0.25) is 0 Å². The van der Waals surface area contributed by atoms with Crippen LogP contribution in [0.5, 0.6) is 0 Å². The molecular formula is C13H23O2-. The molecule has 0 aromatic heterocycles. The molecule has 0 aromatic rings. The van der Waals surface area contributed by atoms with E-state index in [1.54, 1.807) is 0 Å². The minimum atomic E-state index is -0.959. The number of hydrogen-bond acceptors (Lipinski definition) is 2. The van der Waals surface area contributed by atoms with Gasteiger partial charge >= 0.3 is 0 Å². The quantitative estimate of drug-likeness (QED) is 0.412. The van der Waals surface area contributed by atoms with Gasteiger partial charge in [0.05, 0.1) is 0 Å². The van der Waals surface area contributed by atoms with Crippen LogP contribution in [0.4, 0.5) is 0 Å². The number of carbonyl (C=O) groups excluding carboxylic acids is 1. The zero-order chi connectivity index (χ0) is 11.4. The normalized spacial score (nSPS) is 11.0. The SMILES string of the molecule is CCCCCCCCC=CCCC(=O)[O-]. The molecule has 0 saturated carbocycles. The van der Waals surface area contributed by atoms with Crippen LogP contribution in [0.3, 0.4) is 0 Å². The van der Waals surface area contributed by atoms with E-state index in [1.165, 1.54) is 38.5 Å². The molecule has 0 aliphatic rings. The van der Waals surface area contributed by atoms with Crippen molar-refractivity contribution in [2.24, 2.45) is 0 Å². The zero-order valence-electron chi connectivity index (χ0n) is 9.84. The number of aliphatic carboxylic acids is 1. The van der Waals surface area contributed by atoms with E-state index < -0.39 is 5.97 Å². The highest BCUT2D eigenvalue weighted by Gasteiger charge is 1.88. The first-order valence-corrected chi connectivity index (χ1v) is 6.12. The third kappa shape index (κ3) is 13.2. The predicted molar refractivity (Wildman–Crippen MR) is 61.4 cm³/mol. The number of carbonyl (C=O) groups is 1. The zero-order valence-corrected chi connectivity index (χ0v) is 9.84. The van der Waals surface area contributed by atoms with Crippen LogP contribution in [0.1, 0.15) is 64.7 Å². The molecular weight excluding hydrogens is 188 g/mol. The van der Waals surface area contributed by atoms with Crippen LogP contribution >= 0.6 is 0 Å². The van der Waals surface area contributed by atoms with Crippen LogP contribution in [0, 0.1) is 0 Å². The van der Waals surface area contributed by atoms with Gasteiger partial charge in [-0.25, -0.2) is 0 Å². The molecule has 2 heteroatoms. The van der Waals surface area contributed by atoms with E-state index in [1.807, 2.05) is 6.08 Å². The standard InChI is InChI=1S/C13H24O2/c1-2-3-4-5-6-7-8-9-10-11-12-13(14)15/h9-10H,2-8,11-12H2,1H3,(H,14,15)/p-1. The van der Waals surface area contributed by atoms with E-state index in [0.29, 0.717) is 6.42 Å². The van der Waals surface area contributed by atoms with Crippen molar-refractivity contribution in [3.63, 3.8) is 0 Å². The first-order valence-electron chi connectivity index (χ1n) is 6.12. The maximum Gasteiger partial charge on any atom is 0.0417 e. The monoisotopic (exact) mass is 211 g/mol. The Morgan fingerprint density at radius 3 is 2.27 bits per heavy atom. The Hall–Kier alpha value is -0.790. The third-order valence-electron chi connectivity index (χ3n) is 2.41. The van der Waals surface area contributed by atoms with Crippen LogP contribution in [-0.4, -0.2) is 5.97 Å². The highest BCUT2D eigenvalue weighted by molar-refractivity contribution is 5.64. The minimum absolute atomic E-state index is 0.146. The average Bonchev–Trinajstić information content (AvgIpc) is 2.20. The second kappa shape index (κ2) is 11.3.